The van der Waals surface area contributed by atoms with E-state index < -0.39 is 0 Å². The Balaban J connectivity index is 2.31. The van der Waals surface area contributed by atoms with Crippen LogP contribution in [0.3, 0.4) is 0 Å². The summed E-state index contributed by atoms with van der Waals surface area (Å²) in [6.45, 7) is 2.15. The molecule has 0 spiro atoms. The molecule has 1 heterocycles. The van der Waals surface area contributed by atoms with Crippen LogP contribution in [0.1, 0.15) is 6.92 Å². The van der Waals surface area contributed by atoms with Crippen LogP contribution in [-0.2, 0) is 0 Å². The van der Waals surface area contributed by atoms with Crippen molar-refractivity contribution in [2.75, 3.05) is 5.75 Å². The summed E-state index contributed by atoms with van der Waals surface area (Å²) in [5.41, 5.74) is 1.06. The fraction of sp³-hybridized carbons (Fsp3) is 0.167. The molecule has 0 fully saturated rings. The third kappa shape index (κ3) is 2.71. The second kappa shape index (κ2) is 5.27. The van der Waals surface area contributed by atoms with Crippen molar-refractivity contribution in [2.24, 2.45) is 0 Å². The number of nitrogens with zero attached hydrogens (tertiary/aromatic N) is 1. The van der Waals surface area contributed by atoms with E-state index in [4.69, 9.17) is 12.2 Å². The SMILES string of the molecule is CCSc1ccc(-c2nccc(=S)[nH]2)cc1. The first-order chi connectivity index (χ1) is 7.79. The largest absolute Gasteiger partial charge is 0.331 e. The number of aromatic amines is 1. The Morgan fingerprint density at radius 1 is 1.25 bits per heavy atom. The molecule has 4 heteroatoms. The van der Waals surface area contributed by atoms with Gasteiger partial charge in [0.15, 0.2) is 0 Å². The van der Waals surface area contributed by atoms with Gasteiger partial charge in [-0.1, -0.05) is 31.3 Å². The number of hydrogen-bond acceptors (Lipinski definition) is 3. The number of benzene rings is 1. The smallest absolute Gasteiger partial charge is 0.138 e. The third-order valence-corrected chi connectivity index (χ3v) is 3.24. The molecule has 0 bridgehead atoms. The lowest BCUT2D eigenvalue weighted by atomic mass is 10.2. The van der Waals surface area contributed by atoms with Crippen molar-refractivity contribution < 1.29 is 0 Å². The normalized spacial score (nSPS) is 10.3. The number of H-pyrrole nitrogens is 1. The van der Waals surface area contributed by atoms with Crippen LogP contribution in [0.25, 0.3) is 11.4 Å². The molecule has 1 aromatic carbocycles. The summed E-state index contributed by atoms with van der Waals surface area (Å²) < 4.78 is 0.706. The molecule has 0 amide bonds. The maximum absolute atomic E-state index is 5.07. The first kappa shape index (κ1) is 11.4. The zero-order valence-corrected chi connectivity index (χ0v) is 10.6. The molecule has 2 rings (SSSR count). The molecule has 0 radical (unpaired) electrons. The maximum Gasteiger partial charge on any atom is 0.138 e. The van der Waals surface area contributed by atoms with E-state index in [-0.39, 0.29) is 0 Å². The van der Waals surface area contributed by atoms with E-state index in [2.05, 4.69) is 41.2 Å². The van der Waals surface area contributed by atoms with Gasteiger partial charge in [0.1, 0.15) is 10.5 Å². The minimum Gasteiger partial charge on any atom is -0.331 e. The molecule has 0 atom stereocenters. The highest BCUT2D eigenvalue weighted by atomic mass is 32.2. The maximum atomic E-state index is 5.07. The van der Waals surface area contributed by atoms with Crippen molar-refractivity contribution in [2.45, 2.75) is 11.8 Å². The molecule has 16 heavy (non-hydrogen) atoms. The lowest BCUT2D eigenvalue weighted by Gasteiger charge is -2.02. The molecule has 0 aliphatic carbocycles. The van der Waals surface area contributed by atoms with Gasteiger partial charge in [0, 0.05) is 16.7 Å². The molecule has 0 saturated heterocycles. The predicted molar refractivity (Wildman–Crippen MR) is 71.3 cm³/mol. The molecule has 1 aromatic heterocycles. The molecule has 2 aromatic rings. The summed E-state index contributed by atoms with van der Waals surface area (Å²) in [6.07, 6.45) is 1.73. The molecule has 0 aliphatic heterocycles. The number of thioether (sulfide) groups is 1. The second-order valence-electron chi connectivity index (χ2n) is 3.24. The van der Waals surface area contributed by atoms with Crippen LogP contribution < -0.4 is 0 Å². The van der Waals surface area contributed by atoms with Crippen LogP contribution in [0.4, 0.5) is 0 Å². The molecule has 1 N–H and O–H groups in total. The molecule has 82 valence electrons. The van der Waals surface area contributed by atoms with Crippen LogP contribution in [0.5, 0.6) is 0 Å². The summed E-state index contributed by atoms with van der Waals surface area (Å²) in [4.78, 5) is 8.61. The number of rotatable bonds is 3. The van der Waals surface area contributed by atoms with Crippen LogP contribution in [-0.4, -0.2) is 15.7 Å². The van der Waals surface area contributed by atoms with Gasteiger partial charge in [-0.25, -0.2) is 4.98 Å². The second-order valence-corrected chi connectivity index (χ2v) is 5.02. The summed E-state index contributed by atoms with van der Waals surface area (Å²) in [6, 6.07) is 10.1. The number of hydrogen-bond donors (Lipinski definition) is 1. The average molecular weight is 248 g/mol. The highest BCUT2D eigenvalue weighted by Gasteiger charge is 1.99. The Morgan fingerprint density at radius 2 is 2.00 bits per heavy atom. The highest BCUT2D eigenvalue weighted by Crippen LogP contribution is 2.21. The predicted octanol–water partition coefficient (Wildman–Crippen LogP) is 3.92. The van der Waals surface area contributed by atoms with E-state index >= 15 is 0 Å². The van der Waals surface area contributed by atoms with Gasteiger partial charge in [-0.2, -0.15) is 0 Å². The highest BCUT2D eigenvalue weighted by molar-refractivity contribution is 7.99. The molecular weight excluding hydrogens is 236 g/mol. The Labute approximate surface area is 104 Å². The van der Waals surface area contributed by atoms with Crippen molar-refractivity contribution in [1.29, 1.82) is 0 Å². The Kier molecular flexibility index (Phi) is 3.74. The van der Waals surface area contributed by atoms with Gasteiger partial charge in [0.25, 0.3) is 0 Å². The van der Waals surface area contributed by atoms with Gasteiger partial charge < -0.3 is 4.98 Å². The summed E-state index contributed by atoms with van der Waals surface area (Å²) in [5, 5.41) is 0. The van der Waals surface area contributed by atoms with Crippen molar-refractivity contribution >= 4 is 24.0 Å². The summed E-state index contributed by atoms with van der Waals surface area (Å²) in [5.74, 6) is 1.91. The van der Waals surface area contributed by atoms with E-state index in [1.807, 2.05) is 11.8 Å². The molecule has 2 nitrogen and oxygen atoms in total. The molecule has 0 saturated carbocycles. The van der Waals surface area contributed by atoms with Crippen molar-refractivity contribution in [1.82, 2.24) is 9.97 Å². The quantitative estimate of drug-likeness (QED) is 0.659. The van der Waals surface area contributed by atoms with Crippen molar-refractivity contribution in [3.63, 3.8) is 0 Å². The minimum atomic E-state index is 0.706. The van der Waals surface area contributed by atoms with Gasteiger partial charge >= 0.3 is 0 Å². The van der Waals surface area contributed by atoms with Crippen molar-refractivity contribution in [3.05, 3.63) is 41.2 Å². The Bertz CT molecular complexity index is 517. The topological polar surface area (TPSA) is 28.7 Å². The zero-order chi connectivity index (χ0) is 11.4. The third-order valence-electron chi connectivity index (χ3n) is 2.11. The monoisotopic (exact) mass is 248 g/mol. The molecule has 0 aliphatic rings. The fourth-order valence-corrected chi connectivity index (χ4v) is 2.21. The van der Waals surface area contributed by atoms with E-state index in [1.54, 1.807) is 12.3 Å². The van der Waals surface area contributed by atoms with Gasteiger partial charge in [-0.3, -0.25) is 0 Å². The van der Waals surface area contributed by atoms with Crippen LogP contribution in [0.15, 0.2) is 41.4 Å². The van der Waals surface area contributed by atoms with E-state index in [0.29, 0.717) is 4.64 Å². The average Bonchev–Trinajstić information content (AvgIpc) is 2.30. The Hall–Kier alpha value is -1.13. The standard InChI is InChI=1S/C12H12N2S2/c1-2-16-10-5-3-9(4-6-10)12-13-8-7-11(15)14-12/h3-8H,2H2,1H3,(H,13,14,15). The number of aromatic nitrogens is 2. The van der Waals surface area contributed by atoms with Crippen LogP contribution in [0, 0.1) is 4.64 Å². The zero-order valence-electron chi connectivity index (χ0n) is 8.93. The van der Waals surface area contributed by atoms with E-state index in [1.165, 1.54) is 4.90 Å². The first-order valence-electron chi connectivity index (χ1n) is 5.08. The Morgan fingerprint density at radius 3 is 2.62 bits per heavy atom. The van der Waals surface area contributed by atoms with Crippen LogP contribution in [0.2, 0.25) is 0 Å². The lowest BCUT2D eigenvalue weighted by Crippen LogP contribution is -1.87. The summed E-state index contributed by atoms with van der Waals surface area (Å²) >= 11 is 6.90. The minimum absolute atomic E-state index is 0.706. The van der Waals surface area contributed by atoms with Gasteiger partial charge in [-0.05, 0) is 24.0 Å². The van der Waals surface area contributed by atoms with Crippen LogP contribution >= 0.6 is 24.0 Å². The van der Waals surface area contributed by atoms with Crippen molar-refractivity contribution in [3.8, 4) is 11.4 Å². The van der Waals surface area contributed by atoms with Gasteiger partial charge in [0.2, 0.25) is 0 Å². The number of nitrogens with one attached hydrogen (secondary N) is 1. The summed E-state index contributed by atoms with van der Waals surface area (Å²) in [7, 11) is 0. The first-order valence-corrected chi connectivity index (χ1v) is 6.47. The van der Waals surface area contributed by atoms with E-state index in [0.717, 1.165) is 17.1 Å². The van der Waals surface area contributed by atoms with Gasteiger partial charge in [-0.15, -0.1) is 11.8 Å². The molecular formula is C12H12N2S2. The molecule has 0 unspecified atom stereocenters. The van der Waals surface area contributed by atoms with Gasteiger partial charge in [0.05, 0.1) is 0 Å². The van der Waals surface area contributed by atoms with E-state index in [9.17, 15) is 0 Å². The lowest BCUT2D eigenvalue weighted by molar-refractivity contribution is 1.16. The fourth-order valence-electron chi connectivity index (χ4n) is 1.39.